The third-order valence-electron chi connectivity index (χ3n) is 7.84. The van der Waals surface area contributed by atoms with Crippen LogP contribution in [0.5, 0.6) is 0 Å². The fourth-order valence-corrected chi connectivity index (χ4v) is 6.81. The van der Waals surface area contributed by atoms with Gasteiger partial charge in [-0.1, -0.05) is 40.2 Å². The molecule has 0 radical (unpaired) electrons. The van der Waals surface area contributed by atoms with Crippen LogP contribution in [0.3, 0.4) is 0 Å². The first-order valence-electron chi connectivity index (χ1n) is 11.7. The number of nitrogens with zero attached hydrogens (tertiary/aromatic N) is 2. The number of nitrogens with one attached hydrogen (secondary N) is 1. The van der Waals surface area contributed by atoms with Gasteiger partial charge in [0, 0.05) is 45.4 Å². The van der Waals surface area contributed by atoms with Gasteiger partial charge in [0.25, 0.3) is 5.69 Å². The van der Waals surface area contributed by atoms with Crippen LogP contribution in [0.4, 0.5) is 15.8 Å². The summed E-state index contributed by atoms with van der Waals surface area (Å²) in [6.45, 7) is 0.559. The van der Waals surface area contributed by atoms with Crippen LogP contribution < -0.4 is 5.32 Å². The predicted octanol–water partition coefficient (Wildman–Crippen LogP) is 5.40. The highest BCUT2D eigenvalue weighted by atomic mass is 79.9. The molecule has 3 aromatic carbocycles. The zero-order valence-corrected chi connectivity index (χ0v) is 20.6. The summed E-state index contributed by atoms with van der Waals surface area (Å²) < 4.78 is 15.4. The summed E-state index contributed by atoms with van der Waals surface area (Å²) in [5.41, 5.74) is 0.499. The minimum Gasteiger partial charge on any atom is -0.324 e. The minimum atomic E-state index is -1.42. The van der Waals surface area contributed by atoms with Gasteiger partial charge in [-0.3, -0.25) is 24.6 Å². The van der Waals surface area contributed by atoms with Gasteiger partial charge < -0.3 is 5.32 Å². The summed E-state index contributed by atoms with van der Waals surface area (Å²) >= 11 is 3.40. The lowest BCUT2D eigenvalue weighted by molar-refractivity contribution is -0.384. The van der Waals surface area contributed by atoms with Crippen molar-refractivity contribution >= 4 is 39.0 Å². The molecule has 1 N–H and O–H groups in total. The zero-order valence-electron chi connectivity index (χ0n) is 19.0. The van der Waals surface area contributed by atoms with Crippen molar-refractivity contribution in [3.8, 4) is 0 Å². The average molecular weight is 550 g/mol. The molecule has 0 bridgehead atoms. The number of fused-ring (bicyclic) bond motifs is 4. The molecule has 0 aliphatic carbocycles. The molecule has 4 atom stereocenters. The van der Waals surface area contributed by atoms with Gasteiger partial charge in [-0.05, 0) is 55.3 Å². The average Bonchev–Trinajstić information content (AvgIpc) is 3.52. The lowest BCUT2D eigenvalue weighted by atomic mass is 9.68. The molecule has 182 valence electrons. The number of Topliss-reactive ketones (excluding diaryl/α,β-unsaturated/α-hetero) is 1. The highest BCUT2D eigenvalue weighted by molar-refractivity contribution is 9.10. The lowest BCUT2D eigenvalue weighted by Gasteiger charge is -2.36. The van der Waals surface area contributed by atoms with Crippen LogP contribution in [0.2, 0.25) is 0 Å². The molecule has 3 heterocycles. The molecule has 3 aliphatic rings. The number of rotatable bonds is 4. The van der Waals surface area contributed by atoms with Crippen LogP contribution in [0.15, 0.2) is 71.2 Å². The first-order valence-corrected chi connectivity index (χ1v) is 12.5. The molecule has 0 aromatic heterocycles. The van der Waals surface area contributed by atoms with E-state index in [-0.39, 0.29) is 23.4 Å². The van der Waals surface area contributed by atoms with E-state index in [1.54, 1.807) is 36.4 Å². The van der Waals surface area contributed by atoms with Crippen molar-refractivity contribution in [2.24, 2.45) is 5.92 Å². The fraction of sp³-hybridized carbons (Fsp3) is 0.259. The standard InChI is InChI=1S/C27H21BrFN3O4/c28-17-8-6-15(7-9-17)25(33)24-23(16-3-1-4-19(13-16)32(35)36)22-5-2-12-31(22)27(24)20-14-18(29)10-11-21(20)30-26(27)34/h1,3-4,6-11,13-14,22-24H,2,5,12H2,(H,30,34)/t22?,23?,24?,27-/m1/s1. The highest BCUT2D eigenvalue weighted by Crippen LogP contribution is 2.61. The molecular weight excluding hydrogens is 529 g/mol. The quantitative estimate of drug-likeness (QED) is 0.267. The van der Waals surface area contributed by atoms with E-state index in [1.165, 1.54) is 30.3 Å². The maximum absolute atomic E-state index is 14.6. The van der Waals surface area contributed by atoms with E-state index in [1.807, 2.05) is 4.90 Å². The number of halogens is 2. The van der Waals surface area contributed by atoms with Gasteiger partial charge in [0.1, 0.15) is 11.4 Å². The Hall–Kier alpha value is -3.43. The first-order chi connectivity index (χ1) is 17.3. The Kier molecular flexibility index (Phi) is 5.31. The van der Waals surface area contributed by atoms with E-state index < -0.39 is 28.1 Å². The van der Waals surface area contributed by atoms with Gasteiger partial charge in [0.2, 0.25) is 5.91 Å². The van der Waals surface area contributed by atoms with Crippen LogP contribution in [-0.2, 0) is 10.3 Å². The van der Waals surface area contributed by atoms with Crippen LogP contribution in [-0.4, -0.2) is 34.1 Å². The second kappa shape index (κ2) is 8.31. The number of carbonyl (C=O) groups excluding carboxylic acids is 2. The molecule has 1 spiro atoms. The van der Waals surface area contributed by atoms with Gasteiger partial charge in [0.05, 0.1) is 10.8 Å². The Labute approximate surface area is 214 Å². The van der Waals surface area contributed by atoms with Gasteiger partial charge in [-0.15, -0.1) is 0 Å². The topological polar surface area (TPSA) is 92.5 Å². The van der Waals surface area contributed by atoms with E-state index in [4.69, 9.17) is 0 Å². The van der Waals surface area contributed by atoms with Crippen molar-refractivity contribution in [3.05, 3.63) is 104 Å². The number of carbonyl (C=O) groups is 2. The third kappa shape index (κ3) is 3.19. The normalized spacial score (nSPS) is 26.6. The SMILES string of the molecule is O=C(c1ccc(Br)cc1)C1C(c2cccc([N+](=O)[O-])c2)C2CCCN2[C@@]12C(=O)Nc1ccc(F)cc12. The molecule has 36 heavy (non-hydrogen) atoms. The van der Waals surface area contributed by atoms with Crippen LogP contribution in [0.25, 0.3) is 0 Å². The van der Waals surface area contributed by atoms with Crippen molar-refractivity contribution in [2.75, 3.05) is 11.9 Å². The van der Waals surface area contributed by atoms with E-state index >= 15 is 0 Å². The number of anilines is 1. The maximum Gasteiger partial charge on any atom is 0.269 e. The van der Waals surface area contributed by atoms with Crippen molar-refractivity contribution in [1.82, 2.24) is 4.90 Å². The Balaban J connectivity index is 1.62. The van der Waals surface area contributed by atoms with Crippen molar-refractivity contribution in [2.45, 2.75) is 30.3 Å². The van der Waals surface area contributed by atoms with Crippen molar-refractivity contribution in [1.29, 1.82) is 0 Å². The lowest BCUT2D eigenvalue weighted by Crippen LogP contribution is -2.52. The summed E-state index contributed by atoms with van der Waals surface area (Å²) in [5.74, 6) is -2.51. The van der Waals surface area contributed by atoms with Gasteiger partial charge in [-0.25, -0.2) is 4.39 Å². The Morgan fingerprint density at radius 1 is 1.14 bits per heavy atom. The second-order valence-electron chi connectivity index (χ2n) is 9.54. The van der Waals surface area contributed by atoms with Gasteiger partial charge in [-0.2, -0.15) is 0 Å². The maximum atomic E-state index is 14.6. The highest BCUT2D eigenvalue weighted by Gasteiger charge is 2.69. The zero-order chi connectivity index (χ0) is 25.2. The van der Waals surface area contributed by atoms with Gasteiger partial charge >= 0.3 is 0 Å². The van der Waals surface area contributed by atoms with E-state index in [2.05, 4.69) is 21.2 Å². The molecule has 2 fully saturated rings. The van der Waals surface area contributed by atoms with Crippen LogP contribution in [0.1, 0.15) is 40.2 Å². The molecule has 2 saturated heterocycles. The molecule has 3 aliphatic heterocycles. The monoisotopic (exact) mass is 549 g/mol. The molecule has 1 amide bonds. The Bertz CT molecular complexity index is 1430. The number of benzene rings is 3. The molecule has 6 rings (SSSR count). The molecule has 9 heteroatoms. The Morgan fingerprint density at radius 3 is 2.67 bits per heavy atom. The fourth-order valence-electron chi connectivity index (χ4n) is 6.55. The predicted molar refractivity (Wildman–Crippen MR) is 134 cm³/mol. The van der Waals surface area contributed by atoms with E-state index in [0.29, 0.717) is 28.9 Å². The van der Waals surface area contributed by atoms with Gasteiger partial charge in [0.15, 0.2) is 5.78 Å². The number of hydrogen-bond acceptors (Lipinski definition) is 5. The van der Waals surface area contributed by atoms with Crippen molar-refractivity contribution in [3.63, 3.8) is 0 Å². The summed E-state index contributed by atoms with van der Waals surface area (Å²) in [6, 6.07) is 17.2. The Morgan fingerprint density at radius 2 is 1.92 bits per heavy atom. The third-order valence-corrected chi connectivity index (χ3v) is 8.37. The van der Waals surface area contributed by atoms with Crippen molar-refractivity contribution < 1.29 is 18.9 Å². The minimum absolute atomic E-state index is 0.0739. The number of nitro groups is 1. The number of non-ortho nitro benzene ring substituents is 1. The number of nitro benzene ring substituents is 1. The molecule has 3 unspecified atom stereocenters. The molecule has 3 aromatic rings. The second-order valence-corrected chi connectivity index (χ2v) is 10.5. The number of amides is 1. The summed E-state index contributed by atoms with van der Waals surface area (Å²) in [7, 11) is 0. The molecular formula is C27H21BrFN3O4. The van der Waals surface area contributed by atoms with Crippen LogP contribution >= 0.6 is 15.9 Å². The number of ketones is 1. The summed E-state index contributed by atoms with van der Waals surface area (Å²) in [4.78, 5) is 41.4. The van der Waals surface area contributed by atoms with Crippen LogP contribution in [0, 0.1) is 21.8 Å². The van der Waals surface area contributed by atoms with E-state index in [0.717, 1.165) is 17.3 Å². The largest absolute Gasteiger partial charge is 0.324 e. The van der Waals surface area contributed by atoms with E-state index in [9.17, 15) is 24.1 Å². The molecule has 7 nitrogen and oxygen atoms in total. The summed E-state index contributed by atoms with van der Waals surface area (Å²) in [5, 5.41) is 14.5. The molecule has 0 saturated carbocycles. The summed E-state index contributed by atoms with van der Waals surface area (Å²) in [6.07, 6.45) is 1.52. The number of hydrogen-bond donors (Lipinski definition) is 1. The first kappa shape index (κ1) is 23.0. The smallest absolute Gasteiger partial charge is 0.269 e.